The largest absolute Gasteiger partial charge is 0.477 e. The molecule has 5 nitrogen and oxygen atoms in total. The molecule has 0 radical (unpaired) electrons. The number of likely N-dealkylation sites (tertiary alicyclic amines) is 1. The summed E-state index contributed by atoms with van der Waals surface area (Å²) in [7, 11) is 2.17. The van der Waals surface area contributed by atoms with Crippen molar-refractivity contribution in [3.05, 3.63) is 18.1 Å². The Kier molecular flexibility index (Phi) is 4.28. The first-order valence-electron chi connectivity index (χ1n) is 6.13. The van der Waals surface area contributed by atoms with Gasteiger partial charge in [-0.2, -0.15) is 0 Å². The summed E-state index contributed by atoms with van der Waals surface area (Å²) in [5.41, 5.74) is 6.26. The highest BCUT2D eigenvalue weighted by Crippen LogP contribution is 2.18. The van der Waals surface area contributed by atoms with Crippen LogP contribution in [0.4, 0.5) is 0 Å². The molecule has 2 N–H and O–H groups in total. The highest BCUT2D eigenvalue weighted by molar-refractivity contribution is 5.07. The Labute approximate surface area is 102 Å². The van der Waals surface area contributed by atoms with Crippen LogP contribution in [0, 0.1) is 0 Å². The van der Waals surface area contributed by atoms with E-state index in [1.165, 1.54) is 19.4 Å². The van der Waals surface area contributed by atoms with Gasteiger partial charge in [0.2, 0.25) is 5.88 Å². The van der Waals surface area contributed by atoms with Crippen molar-refractivity contribution in [2.75, 3.05) is 20.2 Å². The van der Waals surface area contributed by atoms with Crippen LogP contribution in [0.1, 0.15) is 25.0 Å². The maximum Gasteiger partial charge on any atom is 0.232 e. The fourth-order valence-electron chi connectivity index (χ4n) is 2.20. The van der Waals surface area contributed by atoms with E-state index in [1.807, 2.05) is 0 Å². The first-order valence-corrected chi connectivity index (χ1v) is 6.13. The second kappa shape index (κ2) is 5.93. The Balaban J connectivity index is 1.77. The molecule has 5 heteroatoms. The summed E-state index contributed by atoms with van der Waals surface area (Å²) < 4.78 is 5.60. The molecule has 0 bridgehead atoms. The maximum absolute atomic E-state index is 5.60. The van der Waals surface area contributed by atoms with E-state index >= 15 is 0 Å². The van der Waals surface area contributed by atoms with Crippen LogP contribution in [0.3, 0.4) is 0 Å². The van der Waals surface area contributed by atoms with Gasteiger partial charge in [-0.05, 0) is 32.9 Å². The smallest absolute Gasteiger partial charge is 0.232 e. The maximum atomic E-state index is 5.60. The van der Waals surface area contributed by atoms with Crippen LogP contribution in [0.5, 0.6) is 5.88 Å². The lowest BCUT2D eigenvalue weighted by Gasteiger charge is -2.18. The highest BCUT2D eigenvalue weighted by atomic mass is 16.5. The molecule has 1 aromatic heterocycles. The number of ether oxygens (including phenoxy) is 1. The second-order valence-corrected chi connectivity index (χ2v) is 4.47. The lowest BCUT2D eigenvalue weighted by Crippen LogP contribution is -2.26. The molecular weight excluding hydrogens is 216 g/mol. The Bertz CT molecular complexity index is 358. The van der Waals surface area contributed by atoms with E-state index in [2.05, 4.69) is 21.9 Å². The summed E-state index contributed by atoms with van der Waals surface area (Å²) >= 11 is 0. The zero-order valence-corrected chi connectivity index (χ0v) is 10.3. The van der Waals surface area contributed by atoms with Gasteiger partial charge in [0.25, 0.3) is 0 Å². The predicted molar refractivity (Wildman–Crippen MR) is 65.7 cm³/mol. The third kappa shape index (κ3) is 3.38. The molecule has 1 aromatic rings. The van der Waals surface area contributed by atoms with Crippen LogP contribution >= 0.6 is 0 Å². The fraction of sp³-hybridized carbons (Fsp3) is 0.667. The molecule has 1 fully saturated rings. The van der Waals surface area contributed by atoms with Gasteiger partial charge in [0.05, 0.1) is 18.5 Å². The van der Waals surface area contributed by atoms with Crippen LogP contribution in [-0.2, 0) is 6.54 Å². The van der Waals surface area contributed by atoms with Crippen molar-refractivity contribution in [2.24, 2.45) is 5.73 Å². The van der Waals surface area contributed by atoms with Crippen LogP contribution in [0.15, 0.2) is 12.4 Å². The summed E-state index contributed by atoms with van der Waals surface area (Å²) in [5.74, 6) is 0.577. The van der Waals surface area contributed by atoms with Gasteiger partial charge in [-0.15, -0.1) is 0 Å². The zero-order chi connectivity index (χ0) is 12.1. The summed E-state index contributed by atoms with van der Waals surface area (Å²) in [5, 5.41) is 0. The van der Waals surface area contributed by atoms with Crippen molar-refractivity contribution in [1.29, 1.82) is 0 Å². The lowest BCUT2D eigenvalue weighted by atomic mass is 10.1. The number of hydrogen-bond acceptors (Lipinski definition) is 5. The molecule has 1 saturated heterocycles. The lowest BCUT2D eigenvalue weighted by molar-refractivity contribution is 0.228. The first kappa shape index (κ1) is 12.3. The Morgan fingerprint density at radius 3 is 3.12 bits per heavy atom. The molecule has 1 atom stereocenters. The van der Waals surface area contributed by atoms with Gasteiger partial charge in [0, 0.05) is 18.8 Å². The Hall–Kier alpha value is -1.20. The van der Waals surface area contributed by atoms with Gasteiger partial charge in [0.1, 0.15) is 0 Å². The third-order valence-electron chi connectivity index (χ3n) is 3.24. The van der Waals surface area contributed by atoms with Crippen molar-refractivity contribution < 1.29 is 4.74 Å². The summed E-state index contributed by atoms with van der Waals surface area (Å²) in [6.45, 7) is 2.29. The summed E-state index contributed by atoms with van der Waals surface area (Å²) in [6.07, 6.45) is 6.91. The van der Waals surface area contributed by atoms with Crippen LogP contribution in [0.2, 0.25) is 0 Å². The fourth-order valence-corrected chi connectivity index (χ4v) is 2.20. The molecule has 2 rings (SSSR count). The van der Waals surface area contributed by atoms with Crippen LogP contribution in [-0.4, -0.2) is 41.1 Å². The minimum atomic E-state index is 0.398. The molecule has 1 aliphatic heterocycles. The van der Waals surface area contributed by atoms with Crippen LogP contribution in [0.25, 0.3) is 0 Å². The molecule has 17 heavy (non-hydrogen) atoms. The number of rotatable bonds is 5. The summed E-state index contributed by atoms with van der Waals surface area (Å²) in [6, 6.07) is 0.653. The van der Waals surface area contributed by atoms with Crippen molar-refractivity contribution >= 4 is 0 Å². The predicted octanol–water partition coefficient (Wildman–Crippen LogP) is 0.798. The van der Waals surface area contributed by atoms with E-state index in [4.69, 9.17) is 10.5 Å². The molecule has 0 saturated carbocycles. The molecule has 0 amide bonds. The van der Waals surface area contributed by atoms with Gasteiger partial charge < -0.3 is 15.4 Å². The molecule has 0 spiro atoms. The van der Waals surface area contributed by atoms with E-state index in [0.717, 1.165) is 12.1 Å². The van der Waals surface area contributed by atoms with Crippen molar-refractivity contribution in [3.8, 4) is 5.88 Å². The molecule has 0 aromatic carbocycles. The number of nitrogens with zero attached hydrogens (tertiary/aromatic N) is 3. The average Bonchev–Trinajstić information content (AvgIpc) is 2.76. The van der Waals surface area contributed by atoms with Gasteiger partial charge in [-0.25, -0.2) is 4.98 Å². The van der Waals surface area contributed by atoms with E-state index in [-0.39, 0.29) is 0 Å². The van der Waals surface area contributed by atoms with Crippen molar-refractivity contribution in [2.45, 2.75) is 31.8 Å². The van der Waals surface area contributed by atoms with E-state index in [1.54, 1.807) is 12.4 Å². The SMILES string of the molecule is CN1CCCC1CCOc1cncc(CN)n1. The average molecular weight is 236 g/mol. The standard InChI is InChI=1S/C12H20N4O/c1-16-5-2-3-11(16)4-6-17-12-9-14-8-10(7-13)15-12/h8-9,11H,2-7,13H2,1H3. The minimum Gasteiger partial charge on any atom is -0.477 e. The third-order valence-corrected chi connectivity index (χ3v) is 3.24. The number of nitrogens with two attached hydrogens (primary N) is 1. The van der Waals surface area contributed by atoms with Gasteiger partial charge in [0.15, 0.2) is 0 Å². The van der Waals surface area contributed by atoms with Crippen LogP contribution < -0.4 is 10.5 Å². The second-order valence-electron chi connectivity index (χ2n) is 4.47. The van der Waals surface area contributed by atoms with Crippen molar-refractivity contribution in [3.63, 3.8) is 0 Å². The minimum absolute atomic E-state index is 0.398. The van der Waals surface area contributed by atoms with Crippen molar-refractivity contribution in [1.82, 2.24) is 14.9 Å². The highest BCUT2D eigenvalue weighted by Gasteiger charge is 2.20. The topological polar surface area (TPSA) is 64.3 Å². The van der Waals surface area contributed by atoms with E-state index < -0.39 is 0 Å². The monoisotopic (exact) mass is 236 g/mol. The number of aromatic nitrogens is 2. The Morgan fingerprint density at radius 2 is 2.41 bits per heavy atom. The van der Waals surface area contributed by atoms with E-state index in [0.29, 0.717) is 25.1 Å². The summed E-state index contributed by atoms with van der Waals surface area (Å²) in [4.78, 5) is 10.7. The zero-order valence-electron chi connectivity index (χ0n) is 10.3. The Morgan fingerprint density at radius 1 is 1.53 bits per heavy atom. The molecule has 0 aliphatic carbocycles. The molecule has 2 heterocycles. The van der Waals surface area contributed by atoms with Gasteiger partial charge in [-0.1, -0.05) is 0 Å². The van der Waals surface area contributed by atoms with Gasteiger partial charge >= 0.3 is 0 Å². The van der Waals surface area contributed by atoms with E-state index in [9.17, 15) is 0 Å². The van der Waals surface area contributed by atoms with Gasteiger partial charge in [-0.3, -0.25) is 4.98 Å². The molecule has 94 valence electrons. The quantitative estimate of drug-likeness (QED) is 0.819. The normalized spacial score (nSPS) is 20.7. The number of hydrogen-bond donors (Lipinski definition) is 1. The molecular formula is C12H20N4O. The molecule has 1 unspecified atom stereocenters. The first-order chi connectivity index (χ1) is 8.29. The molecule has 1 aliphatic rings.